The Kier molecular flexibility index (Phi) is 5.62. The number of hydrogen-bond donors (Lipinski definition) is 1. The van der Waals surface area contributed by atoms with Crippen LogP contribution in [-0.4, -0.2) is 46.0 Å². The molecule has 2 aromatic heterocycles. The Balaban J connectivity index is 1.69. The quantitative estimate of drug-likeness (QED) is 0.228. The molecule has 5 aromatic rings. The minimum atomic E-state index is -4.11. The third-order valence-electron chi connectivity index (χ3n) is 6.48. The highest BCUT2D eigenvalue weighted by Gasteiger charge is 2.42. The Morgan fingerprint density at radius 1 is 0.757 bits per heavy atom. The van der Waals surface area contributed by atoms with Gasteiger partial charge in [0.1, 0.15) is 0 Å². The first-order valence-corrected chi connectivity index (χ1v) is 14.1. The first-order chi connectivity index (χ1) is 17.9. The highest BCUT2D eigenvalue weighted by Crippen LogP contribution is 2.39. The van der Waals surface area contributed by atoms with Crippen molar-refractivity contribution in [1.29, 1.82) is 0 Å². The fourth-order valence-corrected chi connectivity index (χ4v) is 6.71. The van der Waals surface area contributed by atoms with Gasteiger partial charge in [0, 0.05) is 28.2 Å². The molecule has 0 aliphatic carbocycles. The first kappa shape index (κ1) is 23.4. The average Bonchev–Trinajstić information content (AvgIpc) is 3.57. The number of aromatic nitrogens is 2. The number of nitrogens with zero attached hydrogens (tertiary/aromatic N) is 2. The molecule has 0 atom stereocenters. The molecule has 0 bridgehead atoms. The predicted molar refractivity (Wildman–Crippen MR) is 147 cm³/mol. The standard InChI is InChI=1S/C28H20BrN3O4S/c29-14-15-31-27(33)25(22-16-18-8-4-6-12-21(18)30-22)26(28(31)34)24-17-19-9-5-7-13-23(19)32(24)37(35,36)20-10-2-1-3-11-20/h1-13,16-17,30H,14-15H2. The Bertz CT molecular complexity index is 1820. The van der Waals surface area contributed by atoms with E-state index in [-0.39, 0.29) is 28.3 Å². The van der Waals surface area contributed by atoms with Crippen molar-refractivity contribution >= 4 is 70.7 Å². The summed E-state index contributed by atoms with van der Waals surface area (Å²) in [5, 5.41) is 1.91. The summed E-state index contributed by atoms with van der Waals surface area (Å²) in [5.74, 6) is -1.01. The van der Waals surface area contributed by atoms with Crippen LogP contribution in [-0.2, 0) is 19.6 Å². The molecule has 0 unspecified atom stereocenters. The Hall–Kier alpha value is -3.95. The van der Waals surface area contributed by atoms with E-state index in [1.54, 1.807) is 48.5 Å². The number of halogens is 1. The SMILES string of the molecule is O=C1C(c2cc3ccccc3[nH]2)=C(c2cc3ccccc3n2S(=O)(=O)c2ccccc2)C(=O)N1CCBr. The van der Waals surface area contributed by atoms with Gasteiger partial charge in [-0.3, -0.25) is 14.5 Å². The molecule has 6 rings (SSSR count). The topological polar surface area (TPSA) is 92.2 Å². The molecular weight excluding hydrogens is 554 g/mol. The van der Waals surface area contributed by atoms with Crippen LogP contribution in [0.2, 0.25) is 0 Å². The van der Waals surface area contributed by atoms with Gasteiger partial charge >= 0.3 is 0 Å². The van der Waals surface area contributed by atoms with Crippen molar-refractivity contribution in [2.45, 2.75) is 4.90 Å². The van der Waals surface area contributed by atoms with Gasteiger partial charge in [0.25, 0.3) is 21.8 Å². The maximum absolute atomic E-state index is 14.0. The number of nitrogens with one attached hydrogen (secondary N) is 1. The lowest BCUT2D eigenvalue weighted by molar-refractivity contribution is -0.135. The van der Waals surface area contributed by atoms with Gasteiger partial charge in [-0.1, -0.05) is 70.5 Å². The van der Waals surface area contributed by atoms with Crippen LogP contribution >= 0.6 is 15.9 Å². The number of amides is 2. The highest BCUT2D eigenvalue weighted by atomic mass is 79.9. The summed E-state index contributed by atoms with van der Waals surface area (Å²) in [6.07, 6.45) is 0. The van der Waals surface area contributed by atoms with Gasteiger partial charge in [-0.15, -0.1) is 0 Å². The number of carbonyl (C=O) groups excluding carboxylic acids is 2. The van der Waals surface area contributed by atoms with Crippen LogP contribution in [0.4, 0.5) is 0 Å². The first-order valence-electron chi connectivity index (χ1n) is 11.6. The van der Waals surface area contributed by atoms with E-state index in [0.29, 0.717) is 21.9 Å². The lowest BCUT2D eigenvalue weighted by atomic mass is 10.0. The molecule has 0 saturated heterocycles. The number of fused-ring (bicyclic) bond motifs is 2. The molecule has 1 aliphatic heterocycles. The summed E-state index contributed by atoms with van der Waals surface area (Å²) >= 11 is 3.33. The van der Waals surface area contributed by atoms with E-state index in [1.807, 2.05) is 30.3 Å². The molecule has 7 nitrogen and oxygen atoms in total. The molecule has 9 heteroatoms. The lowest BCUT2D eigenvalue weighted by Gasteiger charge is -2.14. The molecule has 2 amide bonds. The van der Waals surface area contributed by atoms with Crippen LogP contribution in [0.1, 0.15) is 11.4 Å². The molecule has 184 valence electrons. The summed E-state index contributed by atoms with van der Waals surface area (Å²) in [4.78, 5) is 31.9. The maximum atomic E-state index is 14.0. The van der Waals surface area contributed by atoms with Crippen LogP contribution < -0.4 is 0 Å². The number of para-hydroxylation sites is 2. The van der Waals surface area contributed by atoms with Crippen LogP contribution in [0.25, 0.3) is 33.0 Å². The van der Waals surface area contributed by atoms with Gasteiger partial charge in [0.15, 0.2) is 0 Å². The van der Waals surface area contributed by atoms with Gasteiger partial charge in [-0.2, -0.15) is 0 Å². The van der Waals surface area contributed by atoms with Crippen LogP contribution in [0, 0.1) is 0 Å². The van der Waals surface area contributed by atoms with Crippen LogP contribution in [0.3, 0.4) is 0 Å². The second-order valence-corrected chi connectivity index (χ2v) is 11.2. The van der Waals surface area contributed by atoms with Gasteiger partial charge < -0.3 is 4.98 Å². The minimum Gasteiger partial charge on any atom is -0.354 e. The van der Waals surface area contributed by atoms with E-state index in [1.165, 1.54) is 16.1 Å². The van der Waals surface area contributed by atoms with E-state index in [2.05, 4.69) is 20.9 Å². The van der Waals surface area contributed by atoms with E-state index in [4.69, 9.17) is 0 Å². The summed E-state index contributed by atoms with van der Waals surface area (Å²) in [6.45, 7) is 0.149. The van der Waals surface area contributed by atoms with Gasteiger partial charge in [-0.25, -0.2) is 12.4 Å². The van der Waals surface area contributed by atoms with E-state index < -0.39 is 21.8 Å². The van der Waals surface area contributed by atoms with Crippen molar-refractivity contribution in [3.05, 3.63) is 102 Å². The number of rotatable bonds is 6. The molecule has 3 aromatic carbocycles. The largest absolute Gasteiger partial charge is 0.354 e. The van der Waals surface area contributed by atoms with Crippen molar-refractivity contribution < 1.29 is 18.0 Å². The molecule has 1 aliphatic rings. The molecule has 1 N–H and O–H groups in total. The number of benzene rings is 3. The number of H-pyrrole nitrogens is 1. The summed E-state index contributed by atoms with van der Waals surface area (Å²) < 4.78 is 29.1. The molecule has 37 heavy (non-hydrogen) atoms. The van der Waals surface area contributed by atoms with Crippen molar-refractivity contribution in [3.63, 3.8) is 0 Å². The maximum Gasteiger partial charge on any atom is 0.268 e. The summed E-state index contributed by atoms with van der Waals surface area (Å²) in [6, 6.07) is 26.1. The summed E-state index contributed by atoms with van der Waals surface area (Å²) in [5.41, 5.74) is 2.03. The lowest BCUT2D eigenvalue weighted by Crippen LogP contribution is -2.33. The van der Waals surface area contributed by atoms with E-state index in [0.717, 1.165) is 15.8 Å². The number of imide groups is 1. The number of aromatic amines is 1. The predicted octanol–water partition coefficient (Wildman–Crippen LogP) is 5.03. The van der Waals surface area contributed by atoms with Gasteiger partial charge in [-0.05, 0) is 36.4 Å². The normalized spacial score (nSPS) is 14.5. The highest BCUT2D eigenvalue weighted by molar-refractivity contribution is 9.09. The van der Waals surface area contributed by atoms with Crippen molar-refractivity contribution in [2.75, 3.05) is 11.9 Å². The second-order valence-electron chi connectivity index (χ2n) is 8.64. The van der Waals surface area contributed by atoms with E-state index >= 15 is 0 Å². The molecule has 3 heterocycles. The Morgan fingerprint density at radius 2 is 1.41 bits per heavy atom. The number of alkyl halides is 1. The Labute approximate surface area is 221 Å². The van der Waals surface area contributed by atoms with Crippen LogP contribution in [0.15, 0.2) is 95.9 Å². The molecule has 0 fully saturated rings. The van der Waals surface area contributed by atoms with Gasteiger partial charge in [0.05, 0.1) is 32.9 Å². The monoisotopic (exact) mass is 573 g/mol. The number of hydrogen-bond acceptors (Lipinski definition) is 4. The zero-order valence-electron chi connectivity index (χ0n) is 19.4. The fraction of sp³-hybridized carbons (Fsp3) is 0.0714. The number of carbonyl (C=O) groups is 2. The molecule has 0 radical (unpaired) electrons. The fourth-order valence-electron chi connectivity index (χ4n) is 4.82. The zero-order chi connectivity index (χ0) is 25.7. The third-order valence-corrected chi connectivity index (χ3v) is 8.58. The average molecular weight is 574 g/mol. The molecule has 0 saturated carbocycles. The molecule has 0 spiro atoms. The third kappa shape index (κ3) is 3.65. The van der Waals surface area contributed by atoms with Crippen LogP contribution in [0.5, 0.6) is 0 Å². The summed E-state index contributed by atoms with van der Waals surface area (Å²) in [7, 11) is -4.11. The second kappa shape index (κ2) is 8.86. The van der Waals surface area contributed by atoms with Gasteiger partial charge in [0.2, 0.25) is 0 Å². The van der Waals surface area contributed by atoms with Crippen molar-refractivity contribution in [1.82, 2.24) is 13.9 Å². The smallest absolute Gasteiger partial charge is 0.268 e. The zero-order valence-corrected chi connectivity index (χ0v) is 21.8. The van der Waals surface area contributed by atoms with E-state index in [9.17, 15) is 18.0 Å². The van der Waals surface area contributed by atoms with Crippen molar-refractivity contribution in [3.8, 4) is 0 Å². The molecular formula is C28H20BrN3O4S. The van der Waals surface area contributed by atoms with Crippen molar-refractivity contribution in [2.24, 2.45) is 0 Å². The Morgan fingerprint density at radius 3 is 2.14 bits per heavy atom. The minimum absolute atomic E-state index is 0.0493.